The van der Waals surface area contributed by atoms with Gasteiger partial charge in [0.25, 0.3) is 11.7 Å². The highest BCUT2D eigenvalue weighted by Crippen LogP contribution is 2.29. The zero-order valence-corrected chi connectivity index (χ0v) is 13.6. The van der Waals surface area contributed by atoms with E-state index < -0.39 is 23.8 Å². The molecule has 0 fully saturated rings. The first-order valence-corrected chi connectivity index (χ1v) is 7.76. The van der Waals surface area contributed by atoms with Gasteiger partial charge in [-0.15, -0.1) is 0 Å². The number of fused-ring (bicyclic) bond motifs is 1. The van der Waals surface area contributed by atoms with Crippen molar-refractivity contribution < 1.29 is 19.1 Å². The molecule has 1 aliphatic heterocycles. The lowest BCUT2D eigenvalue weighted by molar-refractivity contribution is -0.147. The van der Waals surface area contributed by atoms with Crippen LogP contribution in [-0.2, 0) is 14.3 Å². The van der Waals surface area contributed by atoms with Crippen LogP contribution in [0.15, 0.2) is 48.5 Å². The van der Waals surface area contributed by atoms with Crippen LogP contribution in [-0.4, -0.2) is 24.2 Å². The summed E-state index contributed by atoms with van der Waals surface area (Å²) in [5.74, 6) is -1.95. The molecule has 24 heavy (non-hydrogen) atoms. The van der Waals surface area contributed by atoms with Gasteiger partial charge in [0.15, 0.2) is 0 Å². The van der Waals surface area contributed by atoms with E-state index >= 15 is 0 Å². The van der Waals surface area contributed by atoms with E-state index in [1.807, 2.05) is 0 Å². The Balaban J connectivity index is 1.73. The molecular weight excluding hydrogens is 330 g/mol. The van der Waals surface area contributed by atoms with Crippen LogP contribution >= 0.6 is 11.6 Å². The zero-order chi connectivity index (χ0) is 17.3. The van der Waals surface area contributed by atoms with Crippen molar-refractivity contribution in [3.63, 3.8) is 0 Å². The Bertz CT molecular complexity index is 833. The van der Waals surface area contributed by atoms with E-state index in [-0.39, 0.29) is 6.54 Å². The molecule has 1 heterocycles. The van der Waals surface area contributed by atoms with Crippen LogP contribution in [0.3, 0.4) is 0 Å². The summed E-state index contributed by atoms with van der Waals surface area (Å²) in [4.78, 5) is 37.3. The highest BCUT2D eigenvalue weighted by Gasteiger charge is 2.36. The smallest absolute Gasteiger partial charge is 0.326 e. The topological polar surface area (TPSA) is 63.7 Å². The number of hydrogen-bond donors (Lipinski definition) is 0. The van der Waals surface area contributed by atoms with Gasteiger partial charge in [0.2, 0.25) is 0 Å². The molecule has 122 valence electrons. The molecule has 1 amide bonds. The number of rotatable bonds is 4. The number of amides is 1. The number of Topliss-reactive ketones (excluding diaryl/α,β-unsaturated/α-hetero) is 1. The minimum absolute atomic E-state index is 0.300. The molecular formula is C18H14ClNO4. The van der Waals surface area contributed by atoms with Crippen LogP contribution in [0.25, 0.3) is 0 Å². The van der Waals surface area contributed by atoms with Gasteiger partial charge in [0, 0.05) is 10.6 Å². The van der Waals surface area contributed by atoms with Crippen molar-refractivity contribution in [2.24, 2.45) is 0 Å². The Morgan fingerprint density at radius 3 is 2.54 bits per heavy atom. The van der Waals surface area contributed by atoms with Gasteiger partial charge in [-0.25, -0.2) is 0 Å². The second-order valence-corrected chi connectivity index (χ2v) is 5.80. The van der Waals surface area contributed by atoms with E-state index in [1.54, 1.807) is 55.5 Å². The van der Waals surface area contributed by atoms with Gasteiger partial charge in [0.05, 0.1) is 11.3 Å². The second-order valence-electron chi connectivity index (χ2n) is 5.39. The number of hydrogen-bond acceptors (Lipinski definition) is 4. The van der Waals surface area contributed by atoms with Crippen LogP contribution in [0.1, 0.15) is 28.9 Å². The fraction of sp³-hybridized carbons (Fsp3) is 0.167. The number of para-hydroxylation sites is 1. The lowest BCUT2D eigenvalue weighted by Gasteiger charge is -2.19. The van der Waals surface area contributed by atoms with Crippen LogP contribution < -0.4 is 4.90 Å². The summed E-state index contributed by atoms with van der Waals surface area (Å²) in [6.07, 6.45) is -0.560. The molecule has 1 aliphatic rings. The monoisotopic (exact) mass is 343 g/mol. The van der Waals surface area contributed by atoms with Crippen molar-refractivity contribution >= 4 is 34.9 Å². The third kappa shape index (κ3) is 2.90. The highest BCUT2D eigenvalue weighted by molar-refractivity contribution is 6.52. The van der Waals surface area contributed by atoms with E-state index in [0.29, 0.717) is 21.8 Å². The number of esters is 1. The van der Waals surface area contributed by atoms with Crippen molar-refractivity contribution in [3.05, 3.63) is 64.7 Å². The molecule has 0 saturated heterocycles. The van der Waals surface area contributed by atoms with Gasteiger partial charge in [-0.3, -0.25) is 19.3 Å². The van der Waals surface area contributed by atoms with E-state index in [1.165, 1.54) is 0 Å². The van der Waals surface area contributed by atoms with Gasteiger partial charge < -0.3 is 4.74 Å². The van der Waals surface area contributed by atoms with Crippen molar-refractivity contribution in [2.45, 2.75) is 13.0 Å². The number of carbonyl (C=O) groups is 3. The normalized spacial score (nSPS) is 14.5. The van der Waals surface area contributed by atoms with Crippen LogP contribution in [0.2, 0.25) is 5.02 Å². The molecule has 0 spiro atoms. The third-order valence-corrected chi connectivity index (χ3v) is 4.16. The van der Waals surface area contributed by atoms with E-state index in [0.717, 1.165) is 4.90 Å². The quantitative estimate of drug-likeness (QED) is 0.632. The summed E-state index contributed by atoms with van der Waals surface area (Å²) >= 11 is 6.08. The van der Waals surface area contributed by atoms with Crippen molar-refractivity contribution in [1.29, 1.82) is 0 Å². The Morgan fingerprint density at radius 2 is 1.79 bits per heavy atom. The lowest BCUT2D eigenvalue weighted by atomic mass is 10.1. The molecule has 2 aromatic carbocycles. The fourth-order valence-corrected chi connectivity index (χ4v) is 2.93. The number of halogens is 1. The molecule has 1 atom stereocenters. The molecule has 6 heteroatoms. The largest absolute Gasteiger partial charge is 0.456 e. The molecule has 0 saturated carbocycles. The zero-order valence-electron chi connectivity index (χ0n) is 12.9. The summed E-state index contributed by atoms with van der Waals surface area (Å²) in [5, 5.41) is 0.496. The Labute approximate surface area is 143 Å². The molecule has 0 bridgehead atoms. The maximum Gasteiger partial charge on any atom is 0.326 e. The molecule has 0 aromatic heterocycles. The third-order valence-electron chi connectivity index (χ3n) is 3.82. The van der Waals surface area contributed by atoms with E-state index in [9.17, 15) is 14.4 Å². The predicted octanol–water partition coefficient (Wildman–Crippen LogP) is 3.17. The lowest BCUT2D eigenvalue weighted by Crippen LogP contribution is -2.35. The molecule has 3 rings (SSSR count). The van der Waals surface area contributed by atoms with E-state index in [2.05, 4.69) is 0 Å². The number of nitrogens with zero attached hydrogens (tertiary/aromatic N) is 1. The first-order chi connectivity index (χ1) is 11.5. The first-order valence-electron chi connectivity index (χ1n) is 7.38. The molecule has 5 nitrogen and oxygen atoms in total. The number of ketones is 1. The van der Waals surface area contributed by atoms with Crippen molar-refractivity contribution in [2.75, 3.05) is 11.4 Å². The maximum absolute atomic E-state index is 12.2. The van der Waals surface area contributed by atoms with Crippen LogP contribution in [0.4, 0.5) is 5.69 Å². The molecule has 0 N–H and O–H groups in total. The van der Waals surface area contributed by atoms with Crippen LogP contribution in [0, 0.1) is 0 Å². The SMILES string of the molecule is C[C@@H](OC(=O)CN1C(=O)C(=O)c2ccccc21)c1ccccc1Cl. The fourth-order valence-electron chi connectivity index (χ4n) is 2.64. The summed E-state index contributed by atoms with van der Waals surface area (Å²) in [7, 11) is 0. The molecule has 0 unspecified atom stereocenters. The van der Waals surface area contributed by atoms with Crippen LogP contribution in [0.5, 0.6) is 0 Å². The number of carbonyl (C=O) groups excluding carboxylic acids is 3. The Kier molecular flexibility index (Phi) is 4.36. The summed E-state index contributed by atoms with van der Waals surface area (Å²) in [5.41, 5.74) is 1.40. The molecule has 2 aromatic rings. The standard InChI is InChI=1S/C18H14ClNO4/c1-11(12-6-2-4-8-14(12)19)24-16(21)10-20-15-9-5-3-7-13(15)17(22)18(20)23/h2-9,11H,10H2,1H3/t11-/m1/s1. The second kappa shape index (κ2) is 6.45. The minimum atomic E-state index is -0.724. The van der Waals surface area contributed by atoms with Gasteiger partial charge in [0.1, 0.15) is 12.6 Å². The number of anilines is 1. The average molecular weight is 344 g/mol. The van der Waals surface area contributed by atoms with Gasteiger partial charge >= 0.3 is 5.97 Å². The average Bonchev–Trinajstić information content (AvgIpc) is 2.80. The number of ether oxygens (including phenoxy) is 1. The summed E-state index contributed by atoms with van der Waals surface area (Å²) in [6.45, 7) is 1.38. The van der Waals surface area contributed by atoms with E-state index in [4.69, 9.17) is 16.3 Å². The van der Waals surface area contributed by atoms with Gasteiger partial charge in [-0.2, -0.15) is 0 Å². The van der Waals surface area contributed by atoms with Crippen molar-refractivity contribution in [3.8, 4) is 0 Å². The summed E-state index contributed by atoms with van der Waals surface area (Å²) in [6, 6.07) is 13.6. The molecule has 0 aliphatic carbocycles. The Hall–Kier alpha value is -2.66. The predicted molar refractivity (Wildman–Crippen MR) is 89.1 cm³/mol. The van der Waals surface area contributed by atoms with Gasteiger partial charge in [-0.05, 0) is 25.1 Å². The Morgan fingerprint density at radius 1 is 1.12 bits per heavy atom. The minimum Gasteiger partial charge on any atom is -0.456 e. The summed E-state index contributed by atoms with van der Waals surface area (Å²) < 4.78 is 5.35. The maximum atomic E-state index is 12.2. The molecule has 0 radical (unpaired) electrons. The number of benzene rings is 2. The highest BCUT2D eigenvalue weighted by atomic mass is 35.5. The van der Waals surface area contributed by atoms with Crippen molar-refractivity contribution in [1.82, 2.24) is 0 Å². The van der Waals surface area contributed by atoms with Gasteiger partial charge in [-0.1, -0.05) is 41.9 Å². The first kappa shape index (κ1) is 16.2.